The van der Waals surface area contributed by atoms with Crippen molar-refractivity contribution in [1.82, 2.24) is 0 Å². The quantitative estimate of drug-likeness (QED) is 0.579. The third-order valence-corrected chi connectivity index (χ3v) is 2.77. The summed E-state index contributed by atoms with van der Waals surface area (Å²) < 4.78 is 26.1. The van der Waals surface area contributed by atoms with Crippen LogP contribution in [0.1, 0.15) is 6.92 Å². The lowest BCUT2D eigenvalue weighted by atomic mass is 10.5. The molecule has 11 heavy (non-hydrogen) atoms. The Balaban J connectivity index is 3.95. The van der Waals surface area contributed by atoms with Crippen molar-refractivity contribution in [2.24, 2.45) is 0 Å². The molecule has 0 aromatic carbocycles. The zero-order valence-corrected chi connectivity index (χ0v) is 7.48. The normalized spacial score (nSPS) is 11.5. The molecular weight excluding hydrogens is 168 g/mol. The fourth-order valence-electron chi connectivity index (χ4n) is 0.550. The SMILES string of the molecule is CCS(=O)(=O)CC(=O)COC. The van der Waals surface area contributed by atoms with Crippen LogP contribution in [0.2, 0.25) is 0 Å². The van der Waals surface area contributed by atoms with Gasteiger partial charge in [0.05, 0.1) is 0 Å². The Morgan fingerprint density at radius 2 is 2.00 bits per heavy atom. The summed E-state index contributed by atoms with van der Waals surface area (Å²) in [5, 5.41) is 0. The highest BCUT2D eigenvalue weighted by Gasteiger charge is 2.13. The Labute approximate surface area is 66.5 Å². The van der Waals surface area contributed by atoms with Crippen molar-refractivity contribution in [3.05, 3.63) is 0 Å². The van der Waals surface area contributed by atoms with Crippen molar-refractivity contribution >= 4 is 15.6 Å². The highest BCUT2D eigenvalue weighted by molar-refractivity contribution is 7.92. The van der Waals surface area contributed by atoms with E-state index >= 15 is 0 Å². The van der Waals surface area contributed by atoms with Crippen LogP contribution in [-0.4, -0.2) is 39.4 Å². The van der Waals surface area contributed by atoms with E-state index in [1.807, 2.05) is 0 Å². The zero-order chi connectivity index (χ0) is 8.91. The molecule has 0 atom stereocenters. The molecule has 0 aromatic rings. The number of hydrogen-bond acceptors (Lipinski definition) is 4. The number of methoxy groups -OCH3 is 1. The average Bonchev–Trinajstić information content (AvgIpc) is 1.87. The molecule has 0 N–H and O–H groups in total. The first-order valence-electron chi connectivity index (χ1n) is 3.23. The van der Waals surface area contributed by atoms with Crippen molar-refractivity contribution in [2.45, 2.75) is 6.92 Å². The van der Waals surface area contributed by atoms with Crippen LogP contribution in [-0.2, 0) is 19.4 Å². The molecule has 0 saturated heterocycles. The van der Waals surface area contributed by atoms with Gasteiger partial charge in [0.15, 0.2) is 15.6 Å². The van der Waals surface area contributed by atoms with Gasteiger partial charge in [0, 0.05) is 12.9 Å². The van der Waals surface area contributed by atoms with Gasteiger partial charge in [-0.05, 0) is 0 Å². The molecule has 0 aliphatic rings. The molecule has 0 rings (SSSR count). The smallest absolute Gasteiger partial charge is 0.173 e. The van der Waals surface area contributed by atoms with E-state index in [0.29, 0.717) is 0 Å². The number of carbonyl (C=O) groups is 1. The number of rotatable bonds is 5. The molecule has 0 aromatic heterocycles. The lowest BCUT2D eigenvalue weighted by Crippen LogP contribution is -2.20. The summed E-state index contributed by atoms with van der Waals surface area (Å²) in [6.45, 7) is 1.38. The Hall–Kier alpha value is -0.420. The van der Waals surface area contributed by atoms with Gasteiger partial charge in [-0.2, -0.15) is 0 Å². The molecule has 0 fully saturated rings. The minimum absolute atomic E-state index is 0.00243. The Morgan fingerprint density at radius 3 is 2.36 bits per heavy atom. The van der Waals surface area contributed by atoms with Crippen LogP contribution in [0.15, 0.2) is 0 Å². The number of sulfone groups is 1. The first-order chi connectivity index (χ1) is 5.02. The molecule has 4 nitrogen and oxygen atoms in total. The van der Waals surface area contributed by atoms with E-state index in [0.717, 1.165) is 0 Å². The van der Waals surface area contributed by atoms with E-state index in [2.05, 4.69) is 4.74 Å². The monoisotopic (exact) mass is 180 g/mol. The van der Waals surface area contributed by atoms with Crippen molar-refractivity contribution in [2.75, 3.05) is 25.2 Å². The Bertz CT molecular complexity index is 217. The van der Waals surface area contributed by atoms with Gasteiger partial charge in [0.25, 0.3) is 0 Å². The van der Waals surface area contributed by atoms with Gasteiger partial charge in [-0.25, -0.2) is 8.42 Å². The van der Waals surface area contributed by atoms with E-state index in [4.69, 9.17) is 0 Å². The molecule has 0 unspecified atom stereocenters. The number of ketones is 1. The number of hydrogen-bond donors (Lipinski definition) is 0. The van der Waals surface area contributed by atoms with Crippen molar-refractivity contribution in [3.63, 3.8) is 0 Å². The fourth-order valence-corrected chi connectivity index (χ4v) is 1.33. The van der Waals surface area contributed by atoms with E-state index in [9.17, 15) is 13.2 Å². The topological polar surface area (TPSA) is 60.4 Å². The van der Waals surface area contributed by atoms with Crippen molar-refractivity contribution < 1.29 is 17.9 Å². The van der Waals surface area contributed by atoms with Gasteiger partial charge in [-0.1, -0.05) is 6.92 Å². The average molecular weight is 180 g/mol. The molecule has 66 valence electrons. The fraction of sp³-hybridized carbons (Fsp3) is 0.833. The van der Waals surface area contributed by atoms with Gasteiger partial charge in [-0.3, -0.25) is 4.79 Å². The molecule has 0 bridgehead atoms. The third kappa shape index (κ3) is 4.92. The molecule has 0 heterocycles. The number of carbonyl (C=O) groups excluding carboxylic acids is 1. The maximum absolute atomic E-state index is 10.8. The molecule has 0 amide bonds. The standard InChI is InChI=1S/C6H12O4S/c1-3-11(8,9)5-6(7)4-10-2/h3-5H2,1-2H3. The summed E-state index contributed by atoms with van der Waals surface area (Å²) in [7, 11) is -1.81. The minimum Gasteiger partial charge on any atom is -0.377 e. The van der Waals surface area contributed by atoms with Gasteiger partial charge < -0.3 is 4.74 Å². The molecule has 0 radical (unpaired) electrons. The predicted octanol–water partition coefficient (Wildman–Crippen LogP) is -0.363. The first-order valence-corrected chi connectivity index (χ1v) is 5.05. The second-order valence-electron chi connectivity index (χ2n) is 2.15. The van der Waals surface area contributed by atoms with Crippen LogP contribution in [0.5, 0.6) is 0 Å². The zero-order valence-electron chi connectivity index (χ0n) is 6.66. The van der Waals surface area contributed by atoms with Crippen LogP contribution in [0.4, 0.5) is 0 Å². The van der Waals surface area contributed by atoms with Crippen LogP contribution in [0.3, 0.4) is 0 Å². The summed E-state index contributed by atoms with van der Waals surface area (Å²) in [6, 6.07) is 0. The third-order valence-electron chi connectivity index (χ3n) is 1.13. The molecule has 0 aliphatic heterocycles. The lowest BCUT2D eigenvalue weighted by molar-refractivity contribution is -0.120. The van der Waals surface area contributed by atoms with E-state index in [-0.39, 0.29) is 12.4 Å². The van der Waals surface area contributed by atoms with Gasteiger partial charge in [-0.15, -0.1) is 0 Å². The minimum atomic E-state index is -3.17. The maximum atomic E-state index is 10.8. The maximum Gasteiger partial charge on any atom is 0.173 e. The summed E-state index contributed by atoms with van der Waals surface area (Å²) in [4.78, 5) is 10.7. The van der Waals surface area contributed by atoms with Gasteiger partial charge in [0.2, 0.25) is 0 Å². The van der Waals surface area contributed by atoms with Crippen LogP contribution < -0.4 is 0 Å². The first kappa shape index (κ1) is 10.6. The molecule has 0 spiro atoms. The van der Waals surface area contributed by atoms with E-state index in [1.165, 1.54) is 14.0 Å². The second kappa shape index (κ2) is 4.46. The van der Waals surface area contributed by atoms with E-state index in [1.54, 1.807) is 0 Å². The van der Waals surface area contributed by atoms with Crippen LogP contribution in [0, 0.1) is 0 Å². The van der Waals surface area contributed by atoms with Gasteiger partial charge in [0.1, 0.15) is 12.4 Å². The summed E-state index contributed by atoms with van der Waals surface area (Å²) in [6.07, 6.45) is 0. The van der Waals surface area contributed by atoms with Crippen LogP contribution in [0.25, 0.3) is 0 Å². The molecule has 0 saturated carbocycles. The Morgan fingerprint density at radius 1 is 1.45 bits per heavy atom. The number of Topliss-reactive ketones (excluding diaryl/α,β-unsaturated/α-hetero) is 1. The largest absolute Gasteiger partial charge is 0.377 e. The highest BCUT2D eigenvalue weighted by Crippen LogP contribution is 1.90. The molecule has 0 aliphatic carbocycles. The number of ether oxygens (including phenoxy) is 1. The summed E-state index contributed by atoms with van der Waals surface area (Å²) in [5.41, 5.74) is 0. The highest BCUT2D eigenvalue weighted by atomic mass is 32.2. The van der Waals surface area contributed by atoms with Gasteiger partial charge >= 0.3 is 0 Å². The molecular formula is C6H12O4S. The lowest BCUT2D eigenvalue weighted by Gasteiger charge is -1.98. The molecule has 5 heteroatoms. The van der Waals surface area contributed by atoms with Crippen LogP contribution >= 0.6 is 0 Å². The van der Waals surface area contributed by atoms with E-state index < -0.39 is 21.4 Å². The summed E-state index contributed by atoms with van der Waals surface area (Å²) >= 11 is 0. The van der Waals surface area contributed by atoms with Crippen molar-refractivity contribution in [1.29, 1.82) is 0 Å². The summed E-state index contributed by atoms with van der Waals surface area (Å²) in [5.74, 6) is -0.797. The van der Waals surface area contributed by atoms with Crippen molar-refractivity contribution in [3.8, 4) is 0 Å². The Kier molecular flexibility index (Phi) is 4.29. The second-order valence-corrected chi connectivity index (χ2v) is 4.50. The predicted molar refractivity (Wildman–Crippen MR) is 41.2 cm³/mol.